The number of fused-ring (bicyclic) bond motifs is 5. The minimum atomic E-state index is -2.01. The molecule has 4 aliphatic carbocycles. The van der Waals surface area contributed by atoms with Crippen LogP contribution in [0.5, 0.6) is 0 Å². The number of carbonyl (C=O) groups is 2. The van der Waals surface area contributed by atoms with Crippen molar-refractivity contribution < 1.29 is 32.9 Å². The third-order valence-corrected chi connectivity index (χ3v) is 13.1. The lowest BCUT2D eigenvalue weighted by Crippen LogP contribution is -2.51. The number of ether oxygens (including phenoxy) is 3. The van der Waals surface area contributed by atoms with Crippen molar-refractivity contribution in [3.05, 3.63) is 11.6 Å². The van der Waals surface area contributed by atoms with Crippen LogP contribution in [-0.4, -0.2) is 57.6 Å². The normalized spacial score (nSPS) is 34.0. The first-order valence-electron chi connectivity index (χ1n) is 17.6. The van der Waals surface area contributed by atoms with E-state index in [1.807, 2.05) is 0 Å². The lowest BCUT2D eigenvalue weighted by atomic mass is 9.47. The molecule has 8 heteroatoms. The topological polar surface area (TPSA) is 88.1 Å². The number of aldehydes is 1. The molecule has 44 heavy (non-hydrogen) atoms. The predicted molar refractivity (Wildman–Crippen MR) is 174 cm³/mol. The molecule has 0 amide bonds. The fraction of sp³-hybridized carbons (Fsp3) is 0.889. The standard InChI is InChI=1S/C36H60O7P/c1-26(2)7-6-8-27(3)31-11-12-32-30-10-9-28-25-29(13-16-35(28,4)33(30)14-17-36(31,32)5)41-22-20-40-21-23-42-34(38)15-24-44(39)43-19-18-37/h9,18,26-27,29-33H,6-8,10-17,19-25H2,1-5H3/q+1/t27-,29+,30+,31-,32+,33+,35+,36-/m1/s1. The van der Waals surface area contributed by atoms with Gasteiger partial charge in [-0.05, 0) is 102 Å². The Balaban J connectivity index is 1.16. The molecule has 4 aliphatic rings. The monoisotopic (exact) mass is 635 g/mol. The van der Waals surface area contributed by atoms with Crippen LogP contribution in [0.4, 0.5) is 0 Å². The summed E-state index contributed by atoms with van der Waals surface area (Å²) in [4.78, 5) is 22.0. The van der Waals surface area contributed by atoms with E-state index in [0.29, 0.717) is 36.9 Å². The van der Waals surface area contributed by atoms with Gasteiger partial charge in [-0.1, -0.05) is 65.5 Å². The fourth-order valence-electron chi connectivity index (χ4n) is 9.82. The van der Waals surface area contributed by atoms with Crippen LogP contribution in [0, 0.1) is 46.3 Å². The Morgan fingerprint density at radius 2 is 1.82 bits per heavy atom. The maximum Gasteiger partial charge on any atom is 0.509 e. The number of hydrogen-bond donors (Lipinski definition) is 0. The van der Waals surface area contributed by atoms with Crippen LogP contribution >= 0.6 is 8.03 Å². The summed E-state index contributed by atoms with van der Waals surface area (Å²) >= 11 is 0. The molecule has 0 spiro atoms. The quantitative estimate of drug-likeness (QED) is 0.0492. The first kappa shape index (κ1) is 35.7. The maximum atomic E-state index is 11.7. The van der Waals surface area contributed by atoms with Gasteiger partial charge in [-0.2, -0.15) is 0 Å². The lowest BCUT2D eigenvalue weighted by molar-refractivity contribution is -0.145. The van der Waals surface area contributed by atoms with E-state index >= 15 is 0 Å². The summed E-state index contributed by atoms with van der Waals surface area (Å²) in [5.41, 5.74) is 2.52. The molecule has 4 rings (SSSR count). The van der Waals surface area contributed by atoms with E-state index in [4.69, 9.17) is 18.7 Å². The molecule has 0 saturated heterocycles. The molecule has 7 nitrogen and oxygen atoms in total. The van der Waals surface area contributed by atoms with Gasteiger partial charge >= 0.3 is 14.0 Å². The number of carbonyl (C=O) groups excluding carboxylic acids is 2. The van der Waals surface area contributed by atoms with Gasteiger partial charge in [-0.25, -0.2) is 0 Å². The highest BCUT2D eigenvalue weighted by atomic mass is 31.1. The minimum Gasteiger partial charge on any atom is -0.463 e. The number of esters is 1. The highest BCUT2D eigenvalue weighted by Gasteiger charge is 2.59. The highest BCUT2D eigenvalue weighted by Crippen LogP contribution is 2.67. The van der Waals surface area contributed by atoms with Crippen LogP contribution in [0.2, 0.25) is 0 Å². The average Bonchev–Trinajstić information content (AvgIpc) is 3.35. The Morgan fingerprint density at radius 1 is 1.02 bits per heavy atom. The molecular formula is C36H60O7P+. The molecule has 0 aromatic carbocycles. The minimum absolute atomic E-state index is 0.00646. The maximum absolute atomic E-state index is 11.7. The Bertz CT molecular complexity index is 997. The zero-order chi connectivity index (χ0) is 31.7. The van der Waals surface area contributed by atoms with Gasteiger partial charge < -0.3 is 19.0 Å². The van der Waals surface area contributed by atoms with Crippen molar-refractivity contribution in [2.75, 3.05) is 39.2 Å². The summed E-state index contributed by atoms with van der Waals surface area (Å²) < 4.78 is 33.2. The van der Waals surface area contributed by atoms with E-state index in [0.717, 1.165) is 48.3 Å². The molecule has 0 aromatic heterocycles. The van der Waals surface area contributed by atoms with Crippen molar-refractivity contribution in [1.29, 1.82) is 0 Å². The number of hydrogen-bond acceptors (Lipinski definition) is 7. The SMILES string of the molecule is CC(C)CCC[C@@H](C)[C@H]1CC[C@H]2[C@@H]3CC=C4C[C@@H](OCCOCCOC(=O)CC[P+](=O)OCC=O)CC[C@]4(C)[C@H]3CC[C@]12C. The van der Waals surface area contributed by atoms with Gasteiger partial charge in [0.25, 0.3) is 0 Å². The summed E-state index contributed by atoms with van der Waals surface area (Å²) in [6, 6.07) is 0. The summed E-state index contributed by atoms with van der Waals surface area (Å²) in [6.45, 7) is 13.8. The summed E-state index contributed by atoms with van der Waals surface area (Å²) in [7, 11) is -2.01. The molecule has 1 unspecified atom stereocenters. The molecule has 9 atom stereocenters. The first-order chi connectivity index (χ1) is 21.1. The van der Waals surface area contributed by atoms with Crippen LogP contribution in [-0.2, 0) is 32.9 Å². The molecule has 0 aromatic rings. The van der Waals surface area contributed by atoms with Crippen molar-refractivity contribution >= 4 is 20.3 Å². The van der Waals surface area contributed by atoms with Crippen LogP contribution < -0.4 is 0 Å². The van der Waals surface area contributed by atoms with Gasteiger partial charge in [0, 0.05) is 0 Å². The van der Waals surface area contributed by atoms with Gasteiger partial charge in [0.2, 0.25) is 0 Å². The number of allylic oxidation sites excluding steroid dienone is 1. The van der Waals surface area contributed by atoms with E-state index in [2.05, 4.69) is 40.7 Å². The van der Waals surface area contributed by atoms with Crippen molar-refractivity contribution in [3.63, 3.8) is 0 Å². The zero-order valence-electron chi connectivity index (χ0n) is 28.2. The smallest absolute Gasteiger partial charge is 0.463 e. The molecule has 250 valence electrons. The molecule has 3 saturated carbocycles. The Kier molecular flexibility index (Phi) is 13.5. The van der Waals surface area contributed by atoms with Gasteiger partial charge in [-0.15, -0.1) is 4.52 Å². The second kappa shape index (κ2) is 16.6. The Labute approximate surface area is 267 Å². The summed E-state index contributed by atoms with van der Waals surface area (Å²) in [5.74, 6) is 4.71. The third-order valence-electron chi connectivity index (χ3n) is 12.1. The van der Waals surface area contributed by atoms with E-state index < -0.39 is 14.0 Å². The molecule has 0 N–H and O–H groups in total. The molecule has 0 radical (unpaired) electrons. The highest BCUT2D eigenvalue weighted by molar-refractivity contribution is 7.39. The third kappa shape index (κ3) is 8.81. The van der Waals surface area contributed by atoms with E-state index in [9.17, 15) is 14.2 Å². The van der Waals surface area contributed by atoms with Crippen molar-refractivity contribution in [3.8, 4) is 0 Å². The molecule has 0 bridgehead atoms. The van der Waals surface area contributed by atoms with Crippen LogP contribution in [0.3, 0.4) is 0 Å². The van der Waals surface area contributed by atoms with Crippen molar-refractivity contribution in [2.45, 2.75) is 118 Å². The van der Waals surface area contributed by atoms with Crippen LogP contribution in [0.15, 0.2) is 11.6 Å². The van der Waals surface area contributed by atoms with E-state index in [1.54, 1.807) is 5.57 Å². The molecule has 0 heterocycles. The Morgan fingerprint density at radius 3 is 2.59 bits per heavy atom. The summed E-state index contributed by atoms with van der Waals surface area (Å²) in [5, 5.41) is 0. The zero-order valence-corrected chi connectivity index (χ0v) is 29.1. The van der Waals surface area contributed by atoms with E-state index in [1.165, 1.54) is 57.8 Å². The summed E-state index contributed by atoms with van der Waals surface area (Å²) in [6.07, 6.45) is 18.0. The average molecular weight is 636 g/mol. The first-order valence-corrected chi connectivity index (χ1v) is 19.0. The molecule has 3 fully saturated rings. The van der Waals surface area contributed by atoms with Crippen LogP contribution in [0.25, 0.3) is 0 Å². The van der Waals surface area contributed by atoms with E-state index in [-0.39, 0.29) is 31.9 Å². The second-order valence-electron chi connectivity index (χ2n) is 15.1. The molecule has 0 aliphatic heterocycles. The van der Waals surface area contributed by atoms with Crippen molar-refractivity contribution in [2.24, 2.45) is 46.3 Å². The van der Waals surface area contributed by atoms with Gasteiger partial charge in [-0.3, -0.25) is 4.79 Å². The van der Waals surface area contributed by atoms with Gasteiger partial charge in [0.15, 0.2) is 19.1 Å². The second-order valence-corrected chi connectivity index (χ2v) is 16.5. The van der Waals surface area contributed by atoms with Crippen molar-refractivity contribution in [1.82, 2.24) is 0 Å². The molecular weight excluding hydrogens is 575 g/mol. The predicted octanol–water partition coefficient (Wildman–Crippen LogP) is 8.32. The fourth-order valence-corrected chi connectivity index (χ4v) is 10.5. The Hall–Kier alpha value is -1.14. The largest absolute Gasteiger partial charge is 0.509 e. The van der Waals surface area contributed by atoms with Gasteiger partial charge in [0.1, 0.15) is 6.61 Å². The van der Waals surface area contributed by atoms with Crippen LogP contribution in [0.1, 0.15) is 112 Å². The lowest BCUT2D eigenvalue weighted by Gasteiger charge is -2.58. The number of rotatable bonds is 18. The van der Waals surface area contributed by atoms with Gasteiger partial charge in [0.05, 0.1) is 32.3 Å².